The number of nitrogens with zero attached hydrogens (tertiary/aromatic N) is 1. The molecule has 0 fully saturated rings. The minimum absolute atomic E-state index is 0.253. The van der Waals surface area contributed by atoms with Crippen molar-refractivity contribution in [3.8, 4) is 0 Å². The molecule has 0 spiro atoms. The molecular formula is C15H11NO3S. The van der Waals surface area contributed by atoms with Crippen molar-refractivity contribution in [1.82, 2.24) is 4.98 Å². The summed E-state index contributed by atoms with van der Waals surface area (Å²) in [6.45, 7) is 1.92. The van der Waals surface area contributed by atoms with Gasteiger partial charge in [0.25, 0.3) is 5.22 Å². The van der Waals surface area contributed by atoms with Gasteiger partial charge in [-0.1, -0.05) is 18.2 Å². The Labute approximate surface area is 119 Å². The lowest BCUT2D eigenvalue weighted by atomic mass is 10.1. The lowest BCUT2D eigenvalue weighted by Crippen LogP contribution is -1.98. The van der Waals surface area contributed by atoms with Crippen molar-refractivity contribution in [3.05, 3.63) is 53.6 Å². The largest absolute Gasteiger partial charge is 0.478 e. The summed E-state index contributed by atoms with van der Waals surface area (Å²) < 4.78 is 5.61. The first-order chi connectivity index (χ1) is 9.63. The van der Waals surface area contributed by atoms with Crippen LogP contribution in [0.15, 0.2) is 57.0 Å². The Kier molecular flexibility index (Phi) is 3.20. The van der Waals surface area contributed by atoms with E-state index in [1.165, 1.54) is 11.8 Å². The number of aromatic nitrogens is 1. The lowest BCUT2D eigenvalue weighted by molar-refractivity contribution is 0.0693. The Morgan fingerprint density at radius 2 is 2.05 bits per heavy atom. The fourth-order valence-corrected chi connectivity index (χ4v) is 2.85. The van der Waals surface area contributed by atoms with Crippen LogP contribution in [0.25, 0.3) is 11.1 Å². The molecule has 4 nitrogen and oxygen atoms in total. The maximum Gasteiger partial charge on any atom is 0.336 e. The number of para-hydroxylation sites is 2. The molecule has 1 heterocycles. The van der Waals surface area contributed by atoms with Crippen molar-refractivity contribution in [3.63, 3.8) is 0 Å². The summed E-state index contributed by atoms with van der Waals surface area (Å²) in [5, 5.41) is 9.65. The van der Waals surface area contributed by atoms with Crippen molar-refractivity contribution < 1.29 is 14.3 Å². The summed E-state index contributed by atoms with van der Waals surface area (Å²) in [6.07, 6.45) is 0. The molecule has 100 valence electrons. The molecule has 0 aliphatic carbocycles. The van der Waals surface area contributed by atoms with Gasteiger partial charge in [0.15, 0.2) is 5.58 Å². The average Bonchev–Trinajstić information content (AvgIpc) is 2.80. The predicted octanol–water partition coefficient (Wildman–Crippen LogP) is 3.99. The minimum Gasteiger partial charge on any atom is -0.478 e. The summed E-state index contributed by atoms with van der Waals surface area (Å²) in [6, 6.07) is 12.6. The first-order valence-electron chi connectivity index (χ1n) is 6.01. The van der Waals surface area contributed by atoms with Gasteiger partial charge in [-0.05, 0) is 48.5 Å². The van der Waals surface area contributed by atoms with Crippen LogP contribution in [0.5, 0.6) is 0 Å². The SMILES string of the molecule is Cc1ccc(C(=O)O)c(Sc2nc3ccccc3o2)c1. The monoisotopic (exact) mass is 285 g/mol. The molecule has 1 N–H and O–H groups in total. The zero-order valence-corrected chi connectivity index (χ0v) is 11.5. The number of hydrogen-bond acceptors (Lipinski definition) is 4. The number of rotatable bonds is 3. The van der Waals surface area contributed by atoms with E-state index in [4.69, 9.17) is 4.42 Å². The molecule has 0 aliphatic rings. The van der Waals surface area contributed by atoms with Gasteiger partial charge in [-0.2, -0.15) is 0 Å². The molecule has 0 radical (unpaired) electrons. The number of benzene rings is 2. The van der Waals surface area contributed by atoms with Crippen LogP contribution in [0, 0.1) is 6.92 Å². The van der Waals surface area contributed by atoms with E-state index in [1.54, 1.807) is 12.1 Å². The topological polar surface area (TPSA) is 63.3 Å². The first-order valence-corrected chi connectivity index (χ1v) is 6.82. The lowest BCUT2D eigenvalue weighted by Gasteiger charge is -2.04. The van der Waals surface area contributed by atoms with Crippen LogP contribution >= 0.6 is 11.8 Å². The summed E-state index contributed by atoms with van der Waals surface area (Å²) in [4.78, 5) is 16.2. The normalized spacial score (nSPS) is 10.8. The smallest absolute Gasteiger partial charge is 0.336 e. The van der Waals surface area contributed by atoms with Gasteiger partial charge in [0.05, 0.1) is 5.56 Å². The molecule has 0 atom stereocenters. The zero-order valence-electron chi connectivity index (χ0n) is 10.7. The number of hydrogen-bond donors (Lipinski definition) is 1. The van der Waals surface area contributed by atoms with E-state index in [-0.39, 0.29) is 5.56 Å². The third-order valence-electron chi connectivity index (χ3n) is 2.84. The highest BCUT2D eigenvalue weighted by atomic mass is 32.2. The van der Waals surface area contributed by atoms with E-state index < -0.39 is 5.97 Å². The van der Waals surface area contributed by atoms with Gasteiger partial charge < -0.3 is 9.52 Å². The van der Waals surface area contributed by atoms with Crippen molar-refractivity contribution in [1.29, 1.82) is 0 Å². The maximum absolute atomic E-state index is 11.2. The fraction of sp³-hybridized carbons (Fsp3) is 0.0667. The van der Waals surface area contributed by atoms with Crippen LogP contribution in [-0.4, -0.2) is 16.1 Å². The highest BCUT2D eigenvalue weighted by Gasteiger charge is 2.14. The Balaban J connectivity index is 2.01. The molecule has 20 heavy (non-hydrogen) atoms. The molecular weight excluding hydrogens is 274 g/mol. The van der Waals surface area contributed by atoms with E-state index in [2.05, 4.69) is 4.98 Å². The van der Waals surface area contributed by atoms with Crippen molar-refractivity contribution in [2.24, 2.45) is 0 Å². The van der Waals surface area contributed by atoms with Gasteiger partial charge >= 0.3 is 5.97 Å². The number of aryl methyl sites for hydroxylation is 1. The summed E-state index contributed by atoms with van der Waals surface area (Å²) >= 11 is 1.22. The Bertz CT molecular complexity index is 762. The standard InChI is InChI=1S/C15H11NO3S/c1-9-6-7-10(14(17)18)13(8-9)20-15-16-11-4-2-3-5-12(11)19-15/h2-8H,1H3,(H,17,18). The highest BCUT2D eigenvalue weighted by Crippen LogP contribution is 2.32. The molecule has 0 unspecified atom stereocenters. The van der Waals surface area contributed by atoms with Gasteiger partial charge in [0.2, 0.25) is 0 Å². The number of carboxylic acids is 1. The van der Waals surface area contributed by atoms with E-state index in [9.17, 15) is 9.90 Å². The zero-order chi connectivity index (χ0) is 14.1. The van der Waals surface area contributed by atoms with Crippen molar-refractivity contribution in [2.75, 3.05) is 0 Å². The second-order valence-corrected chi connectivity index (χ2v) is 5.35. The van der Waals surface area contributed by atoms with Gasteiger partial charge in [0, 0.05) is 4.90 Å². The summed E-state index contributed by atoms with van der Waals surface area (Å²) in [7, 11) is 0. The minimum atomic E-state index is -0.955. The number of carboxylic acid groups (broad SMARTS) is 1. The van der Waals surface area contributed by atoms with Crippen LogP contribution in [-0.2, 0) is 0 Å². The molecule has 0 saturated carbocycles. The molecule has 3 aromatic rings. The van der Waals surface area contributed by atoms with Gasteiger partial charge in [-0.25, -0.2) is 9.78 Å². The van der Waals surface area contributed by atoms with E-state index >= 15 is 0 Å². The second kappa shape index (κ2) is 5.02. The Morgan fingerprint density at radius 1 is 1.25 bits per heavy atom. The highest BCUT2D eigenvalue weighted by molar-refractivity contribution is 7.99. The number of carbonyl (C=O) groups is 1. The third kappa shape index (κ3) is 2.40. The van der Waals surface area contributed by atoms with Crippen LogP contribution in [0.2, 0.25) is 0 Å². The first kappa shape index (κ1) is 12.7. The quantitative estimate of drug-likeness (QED) is 0.788. The maximum atomic E-state index is 11.2. The molecule has 0 saturated heterocycles. The Hall–Kier alpha value is -2.27. The molecule has 2 aromatic carbocycles. The molecule has 3 rings (SSSR count). The molecule has 5 heteroatoms. The van der Waals surface area contributed by atoms with Gasteiger partial charge in [-0.3, -0.25) is 0 Å². The summed E-state index contributed by atoms with van der Waals surface area (Å²) in [5.74, 6) is -0.955. The van der Waals surface area contributed by atoms with Crippen LogP contribution < -0.4 is 0 Å². The van der Waals surface area contributed by atoms with Crippen LogP contribution in [0.1, 0.15) is 15.9 Å². The molecule has 0 aliphatic heterocycles. The third-order valence-corrected chi connectivity index (χ3v) is 3.75. The number of aromatic carboxylic acids is 1. The Morgan fingerprint density at radius 3 is 2.80 bits per heavy atom. The van der Waals surface area contributed by atoms with E-state index in [0.717, 1.165) is 11.1 Å². The van der Waals surface area contributed by atoms with E-state index in [1.807, 2.05) is 37.3 Å². The molecule has 1 aromatic heterocycles. The summed E-state index contributed by atoms with van der Waals surface area (Å²) in [5.41, 5.74) is 2.70. The van der Waals surface area contributed by atoms with Gasteiger partial charge in [-0.15, -0.1) is 0 Å². The predicted molar refractivity (Wildman–Crippen MR) is 76.3 cm³/mol. The van der Waals surface area contributed by atoms with E-state index in [0.29, 0.717) is 15.7 Å². The average molecular weight is 285 g/mol. The van der Waals surface area contributed by atoms with Crippen molar-refractivity contribution in [2.45, 2.75) is 17.0 Å². The fourth-order valence-electron chi connectivity index (χ4n) is 1.88. The van der Waals surface area contributed by atoms with Crippen LogP contribution in [0.4, 0.5) is 0 Å². The number of oxazole rings is 1. The van der Waals surface area contributed by atoms with Crippen LogP contribution in [0.3, 0.4) is 0 Å². The van der Waals surface area contributed by atoms with Crippen molar-refractivity contribution >= 4 is 28.8 Å². The molecule has 0 amide bonds. The second-order valence-electron chi connectivity index (χ2n) is 4.35. The number of fused-ring (bicyclic) bond motifs is 1. The van der Waals surface area contributed by atoms with Gasteiger partial charge in [0.1, 0.15) is 5.52 Å². The molecule has 0 bridgehead atoms.